The number of piperidine rings is 1. The van der Waals surface area contributed by atoms with Gasteiger partial charge in [-0.1, -0.05) is 34.6 Å². The number of nitrogens with zero attached hydrogens (tertiary/aromatic N) is 1. The molecule has 0 spiro atoms. The van der Waals surface area contributed by atoms with Crippen LogP contribution in [0.1, 0.15) is 76.8 Å². The molecule has 7 nitrogen and oxygen atoms in total. The molecule has 0 bridgehead atoms. The second-order valence-electron chi connectivity index (χ2n) is 8.30. The van der Waals surface area contributed by atoms with E-state index < -0.39 is 27.1 Å². The van der Waals surface area contributed by atoms with E-state index in [4.69, 9.17) is 0 Å². The van der Waals surface area contributed by atoms with Crippen LogP contribution >= 0.6 is 0 Å². The summed E-state index contributed by atoms with van der Waals surface area (Å²) in [6, 6.07) is 1.86. The summed E-state index contributed by atoms with van der Waals surface area (Å²) in [5.41, 5.74) is 1.66. The Labute approximate surface area is 178 Å². The van der Waals surface area contributed by atoms with Gasteiger partial charge in [0.1, 0.15) is 5.82 Å². The number of hydrogen-bond acceptors (Lipinski definition) is 4. The second kappa shape index (κ2) is 9.76. The van der Waals surface area contributed by atoms with Gasteiger partial charge in [0.05, 0.1) is 5.25 Å². The van der Waals surface area contributed by atoms with E-state index in [0.29, 0.717) is 36.3 Å². The lowest BCUT2D eigenvalue weighted by molar-refractivity contribution is -0.131. The first-order valence-corrected chi connectivity index (χ1v) is 11.9. The smallest absolute Gasteiger partial charge is 0.332 e. The molecule has 0 unspecified atom stereocenters. The normalized spacial score (nSPS) is 15.5. The molecular formula is C21H32FN3O4S. The van der Waals surface area contributed by atoms with E-state index in [2.05, 4.69) is 10.0 Å². The third-order valence-electron chi connectivity index (χ3n) is 5.42. The highest BCUT2D eigenvalue weighted by atomic mass is 32.2. The molecule has 1 aromatic carbocycles. The number of hydrogen-bond donors (Lipinski definition) is 2. The van der Waals surface area contributed by atoms with Crippen molar-refractivity contribution in [2.24, 2.45) is 0 Å². The van der Waals surface area contributed by atoms with Gasteiger partial charge in [-0.3, -0.25) is 4.79 Å². The van der Waals surface area contributed by atoms with Crippen LogP contribution in [-0.2, 0) is 14.8 Å². The fourth-order valence-electron chi connectivity index (χ4n) is 3.70. The molecule has 9 heteroatoms. The summed E-state index contributed by atoms with van der Waals surface area (Å²) in [5.74, 6) is -0.527. The predicted molar refractivity (Wildman–Crippen MR) is 116 cm³/mol. The molecule has 30 heavy (non-hydrogen) atoms. The lowest BCUT2D eigenvalue weighted by atomic mass is 9.92. The van der Waals surface area contributed by atoms with E-state index >= 15 is 0 Å². The van der Waals surface area contributed by atoms with Crippen molar-refractivity contribution in [3.05, 3.63) is 29.1 Å². The number of likely N-dealkylation sites (tertiary alicyclic amines) is 1. The zero-order valence-electron chi connectivity index (χ0n) is 18.3. The van der Waals surface area contributed by atoms with Gasteiger partial charge >= 0.3 is 6.03 Å². The molecule has 0 atom stereocenters. The van der Waals surface area contributed by atoms with Crippen LogP contribution in [0.5, 0.6) is 0 Å². The highest BCUT2D eigenvalue weighted by Crippen LogP contribution is 2.33. The van der Waals surface area contributed by atoms with Crippen LogP contribution in [0.15, 0.2) is 12.1 Å². The number of carbonyl (C=O) groups excluding carboxylic acids is 2. The minimum atomic E-state index is -3.91. The molecule has 1 saturated heterocycles. The highest BCUT2D eigenvalue weighted by Gasteiger charge is 2.32. The molecule has 2 N–H and O–H groups in total. The van der Waals surface area contributed by atoms with E-state index in [1.54, 1.807) is 11.8 Å². The Balaban J connectivity index is 2.15. The summed E-state index contributed by atoms with van der Waals surface area (Å²) in [5, 5.41) is 1.90. The Hall–Kier alpha value is -2.16. The Bertz CT molecular complexity index is 863. The number of halogens is 1. The van der Waals surface area contributed by atoms with Crippen molar-refractivity contribution in [2.75, 3.05) is 18.4 Å². The number of amides is 3. The molecule has 168 valence electrons. The molecule has 0 aromatic heterocycles. The van der Waals surface area contributed by atoms with Crippen molar-refractivity contribution >= 4 is 27.6 Å². The lowest BCUT2D eigenvalue weighted by Gasteiger charge is -2.31. The first-order valence-electron chi connectivity index (χ1n) is 10.4. The van der Waals surface area contributed by atoms with Crippen LogP contribution in [0.25, 0.3) is 0 Å². The number of urea groups is 1. The first kappa shape index (κ1) is 24.1. The maximum atomic E-state index is 14.0. The molecule has 1 fully saturated rings. The number of carbonyl (C=O) groups is 2. The predicted octanol–water partition coefficient (Wildman–Crippen LogP) is 3.92. The first-order chi connectivity index (χ1) is 14.0. The average Bonchev–Trinajstić information content (AvgIpc) is 2.67. The van der Waals surface area contributed by atoms with Crippen LogP contribution in [-0.4, -0.2) is 43.6 Å². The van der Waals surface area contributed by atoms with Crippen LogP contribution in [0, 0.1) is 5.82 Å². The second-order valence-corrected chi connectivity index (χ2v) is 10.3. The molecule has 1 aliphatic heterocycles. The molecule has 0 radical (unpaired) electrons. The standard InChI is InChI=1S/C21H32FN3O4S/c1-6-19(26)25-9-7-16(8-10-25)30(28,29)24-21(27)23-20-17(13(2)3)11-15(22)12-18(20)14(4)5/h11-14,16H,6-10H2,1-5H3,(H2,23,24,27). The van der Waals surface area contributed by atoms with Gasteiger partial charge in [0.15, 0.2) is 0 Å². The molecule has 1 heterocycles. The lowest BCUT2D eigenvalue weighted by Crippen LogP contribution is -2.47. The van der Waals surface area contributed by atoms with Crippen LogP contribution in [0.2, 0.25) is 0 Å². The van der Waals surface area contributed by atoms with E-state index in [9.17, 15) is 22.4 Å². The maximum Gasteiger partial charge on any atom is 0.332 e. The molecule has 3 amide bonds. The number of sulfonamides is 1. The summed E-state index contributed by atoms with van der Waals surface area (Å²) in [4.78, 5) is 26.0. The Morgan fingerprint density at radius 3 is 2.03 bits per heavy atom. The fourth-order valence-corrected chi connectivity index (χ4v) is 5.00. The summed E-state index contributed by atoms with van der Waals surface area (Å²) >= 11 is 0. The van der Waals surface area contributed by atoms with Crippen LogP contribution in [0.3, 0.4) is 0 Å². The van der Waals surface area contributed by atoms with Crippen LogP contribution in [0.4, 0.5) is 14.9 Å². The van der Waals surface area contributed by atoms with Crippen molar-refractivity contribution < 1.29 is 22.4 Å². The maximum absolute atomic E-state index is 14.0. The van der Waals surface area contributed by atoms with Gasteiger partial charge in [-0.2, -0.15) is 0 Å². The third-order valence-corrected chi connectivity index (χ3v) is 7.24. The zero-order chi connectivity index (χ0) is 22.6. The molecule has 0 saturated carbocycles. The molecule has 2 rings (SSSR count). The number of anilines is 1. The average molecular weight is 442 g/mol. The SMILES string of the molecule is CCC(=O)N1CCC(S(=O)(=O)NC(=O)Nc2c(C(C)C)cc(F)cc2C(C)C)CC1. The summed E-state index contributed by atoms with van der Waals surface area (Å²) in [6.07, 6.45) is 0.935. The third kappa shape index (κ3) is 5.71. The van der Waals surface area contributed by atoms with Crippen molar-refractivity contribution in [1.82, 2.24) is 9.62 Å². The number of rotatable bonds is 6. The van der Waals surface area contributed by atoms with E-state index in [0.717, 1.165) is 0 Å². The van der Waals surface area contributed by atoms with Gasteiger partial charge in [-0.15, -0.1) is 0 Å². The van der Waals surface area contributed by atoms with Crippen LogP contribution < -0.4 is 10.0 Å². The topological polar surface area (TPSA) is 95.6 Å². The number of nitrogens with one attached hydrogen (secondary N) is 2. The van der Waals surface area contributed by atoms with Crippen molar-refractivity contribution in [2.45, 2.75) is 71.0 Å². The van der Waals surface area contributed by atoms with Gasteiger partial charge < -0.3 is 10.2 Å². The Morgan fingerprint density at radius 2 is 1.60 bits per heavy atom. The minimum Gasteiger partial charge on any atom is -0.343 e. The zero-order valence-corrected chi connectivity index (χ0v) is 19.1. The highest BCUT2D eigenvalue weighted by molar-refractivity contribution is 7.90. The van der Waals surface area contributed by atoms with Crippen molar-refractivity contribution in [1.29, 1.82) is 0 Å². The molecule has 1 aromatic rings. The van der Waals surface area contributed by atoms with E-state index in [1.165, 1.54) is 12.1 Å². The van der Waals surface area contributed by atoms with Crippen molar-refractivity contribution in [3.63, 3.8) is 0 Å². The van der Waals surface area contributed by atoms with E-state index in [1.807, 2.05) is 27.7 Å². The fraction of sp³-hybridized carbons (Fsp3) is 0.619. The quantitative estimate of drug-likeness (QED) is 0.699. The molecule has 1 aliphatic rings. The van der Waals surface area contributed by atoms with Gasteiger partial charge in [0, 0.05) is 25.2 Å². The van der Waals surface area contributed by atoms with Gasteiger partial charge in [-0.25, -0.2) is 22.3 Å². The Morgan fingerprint density at radius 1 is 1.10 bits per heavy atom. The molecule has 0 aliphatic carbocycles. The van der Waals surface area contributed by atoms with Gasteiger partial charge in [0.2, 0.25) is 15.9 Å². The summed E-state index contributed by atoms with van der Waals surface area (Å²) in [6.45, 7) is 9.99. The van der Waals surface area contributed by atoms with Crippen molar-refractivity contribution in [3.8, 4) is 0 Å². The monoisotopic (exact) mass is 441 g/mol. The molecular weight excluding hydrogens is 409 g/mol. The minimum absolute atomic E-state index is 0.00436. The Kier molecular flexibility index (Phi) is 7.85. The van der Waals surface area contributed by atoms with Gasteiger partial charge in [-0.05, 0) is 47.9 Å². The summed E-state index contributed by atoms with van der Waals surface area (Å²) < 4.78 is 41.5. The summed E-state index contributed by atoms with van der Waals surface area (Å²) in [7, 11) is -3.91. The largest absolute Gasteiger partial charge is 0.343 e. The van der Waals surface area contributed by atoms with Gasteiger partial charge in [0.25, 0.3) is 0 Å². The van der Waals surface area contributed by atoms with E-state index in [-0.39, 0.29) is 30.6 Å². The number of benzene rings is 1.